The van der Waals surface area contributed by atoms with Gasteiger partial charge in [0.2, 0.25) is 0 Å². The minimum absolute atomic E-state index is 0. The van der Waals surface area contributed by atoms with Crippen LogP contribution in [0.25, 0.3) is 0 Å². The molecule has 0 saturated heterocycles. The SMILES string of the molecule is [CH]1=[Sb][NH][C]([Zr+2][C]2=C[CH]=[Sb][NH]2)=C1.[Cl-].[Cl-]. The van der Waals surface area contributed by atoms with Crippen LogP contribution >= 0.6 is 0 Å². The van der Waals surface area contributed by atoms with E-state index in [1.54, 1.807) is 6.81 Å². The normalized spacial score (nSPS) is 15.7. The molecule has 0 saturated carbocycles. The third-order valence-corrected chi connectivity index (χ3v) is 10.9. The third kappa shape index (κ3) is 4.98. The zero-order chi connectivity index (χ0) is 7.52. The van der Waals surface area contributed by atoms with Gasteiger partial charge in [0.15, 0.2) is 0 Å². The molecule has 0 unspecified atom stereocenters. The van der Waals surface area contributed by atoms with Gasteiger partial charge < -0.3 is 24.8 Å². The Morgan fingerprint density at radius 3 is 1.69 bits per heavy atom. The summed E-state index contributed by atoms with van der Waals surface area (Å²) in [5.74, 6) is 0. The first-order valence-electron chi connectivity index (χ1n) is 3.21. The Hall–Kier alpha value is 1.92. The predicted molar refractivity (Wildman–Crippen MR) is 46.1 cm³/mol. The van der Waals surface area contributed by atoms with Gasteiger partial charge in [0, 0.05) is 0 Å². The molecular formula is C6H6Cl2N2Sb2Zr. The topological polar surface area (TPSA) is 24.1 Å². The van der Waals surface area contributed by atoms with Crippen molar-refractivity contribution in [1.82, 2.24) is 6.95 Å². The molecule has 0 bridgehead atoms. The number of halogens is 2. The summed E-state index contributed by atoms with van der Waals surface area (Å²) >= 11 is -0.607. The number of hydrogen-bond donors (Lipinski definition) is 2. The van der Waals surface area contributed by atoms with Gasteiger partial charge in [0.05, 0.1) is 0 Å². The first-order chi connectivity index (χ1) is 5.45. The van der Waals surface area contributed by atoms with Crippen LogP contribution in [0, 0.1) is 0 Å². The van der Waals surface area contributed by atoms with Gasteiger partial charge in [-0.05, 0) is 0 Å². The van der Waals surface area contributed by atoms with Crippen molar-refractivity contribution >= 4 is 50.7 Å². The van der Waals surface area contributed by atoms with Crippen molar-refractivity contribution < 1.29 is 48.0 Å². The maximum atomic E-state index is 3.54. The van der Waals surface area contributed by atoms with Crippen LogP contribution in [0.4, 0.5) is 0 Å². The second-order valence-corrected chi connectivity index (χ2v) is 9.78. The van der Waals surface area contributed by atoms with Gasteiger partial charge in [0.1, 0.15) is 0 Å². The van der Waals surface area contributed by atoms with Crippen molar-refractivity contribution in [1.29, 1.82) is 0 Å². The van der Waals surface area contributed by atoms with Gasteiger partial charge in [0.25, 0.3) is 0 Å². The summed E-state index contributed by atoms with van der Waals surface area (Å²) in [6.45, 7) is 0. The maximum Gasteiger partial charge on any atom is -1.00 e. The Balaban J connectivity index is 0.000000720. The van der Waals surface area contributed by atoms with E-state index < -0.39 is 23.2 Å². The van der Waals surface area contributed by atoms with E-state index in [4.69, 9.17) is 0 Å². The van der Waals surface area contributed by atoms with Crippen LogP contribution in [0.15, 0.2) is 19.0 Å². The first-order valence-corrected chi connectivity index (χ1v) is 11.2. The number of hydrogen-bond acceptors (Lipinski definition) is 2. The van der Waals surface area contributed by atoms with E-state index in [1.165, 1.54) is 0 Å². The quantitative estimate of drug-likeness (QED) is 0.360. The minimum Gasteiger partial charge on any atom is -1.00 e. The fourth-order valence-electron chi connectivity index (χ4n) is 0.796. The molecule has 2 nitrogen and oxygen atoms in total. The molecule has 0 fully saturated rings. The molecule has 7 heteroatoms. The summed E-state index contributed by atoms with van der Waals surface area (Å²) in [6, 6.07) is 0. The molecule has 0 aromatic carbocycles. The summed E-state index contributed by atoms with van der Waals surface area (Å²) in [4.78, 5) is 0. The first kappa shape index (κ1) is 14.9. The smallest absolute Gasteiger partial charge is 1.00 e. The summed E-state index contributed by atoms with van der Waals surface area (Å²) in [5.41, 5.74) is 0. The van der Waals surface area contributed by atoms with Crippen molar-refractivity contribution in [2.75, 3.05) is 0 Å². The van der Waals surface area contributed by atoms with E-state index in [1.807, 2.05) is 0 Å². The molecule has 13 heavy (non-hydrogen) atoms. The van der Waals surface area contributed by atoms with Crippen molar-refractivity contribution in [3.05, 3.63) is 19.0 Å². The zero-order valence-electron chi connectivity index (χ0n) is 6.46. The molecule has 0 aromatic heterocycles. The van der Waals surface area contributed by atoms with E-state index >= 15 is 0 Å². The fourth-order valence-corrected chi connectivity index (χ4v) is 11.6. The molecule has 2 N–H and O–H groups in total. The molecule has 0 aromatic rings. The molecule has 2 aliphatic rings. The van der Waals surface area contributed by atoms with E-state index in [0.717, 1.165) is 0 Å². The zero-order valence-corrected chi connectivity index (χ0v) is 15.5. The van der Waals surface area contributed by atoms with Crippen molar-refractivity contribution in [3.8, 4) is 0 Å². The monoisotopic (exact) mass is 508 g/mol. The largest absolute Gasteiger partial charge is 1.00 e. The summed E-state index contributed by atoms with van der Waals surface area (Å²) in [6.07, 6.45) is 4.62. The molecule has 0 atom stereocenters. The van der Waals surface area contributed by atoms with Crippen LogP contribution in [0.1, 0.15) is 0 Å². The second-order valence-electron chi connectivity index (χ2n) is 2.07. The van der Waals surface area contributed by atoms with Crippen LogP contribution < -0.4 is 31.8 Å². The van der Waals surface area contributed by atoms with Gasteiger partial charge >= 0.3 is 99.9 Å². The van der Waals surface area contributed by atoms with Crippen molar-refractivity contribution in [3.63, 3.8) is 0 Å². The fraction of sp³-hybridized carbons (Fsp3) is 0. The van der Waals surface area contributed by atoms with E-state index in [0.29, 0.717) is 0 Å². The standard InChI is InChI=1S/2C3H3N.2ClH.2Sb.Zr/c2*1-2-3-4;;;;;/h2*1-2,4H;2*1H;;;/q2*-1;;;2*+1;+2/p-2. The molecule has 0 radical (unpaired) electrons. The Morgan fingerprint density at radius 2 is 1.38 bits per heavy atom. The Morgan fingerprint density at radius 1 is 0.923 bits per heavy atom. The Labute approximate surface area is 123 Å². The van der Waals surface area contributed by atoms with Crippen LogP contribution in [0.3, 0.4) is 0 Å². The van der Waals surface area contributed by atoms with Crippen LogP contribution in [0.5, 0.6) is 0 Å². The average molecular weight is 512 g/mol. The van der Waals surface area contributed by atoms with Gasteiger partial charge in [-0.15, -0.1) is 0 Å². The molecular weight excluding hydrogens is 506 g/mol. The molecule has 2 rings (SSSR count). The van der Waals surface area contributed by atoms with Gasteiger partial charge in [-0.1, -0.05) is 0 Å². The van der Waals surface area contributed by atoms with Crippen LogP contribution in [0.2, 0.25) is 0 Å². The van der Waals surface area contributed by atoms with Crippen molar-refractivity contribution in [2.45, 2.75) is 0 Å². The van der Waals surface area contributed by atoms with Gasteiger partial charge in [-0.2, -0.15) is 0 Å². The maximum absolute atomic E-state index is 3.54. The van der Waals surface area contributed by atoms with E-state index in [9.17, 15) is 0 Å². The predicted octanol–water partition coefficient (Wildman–Crippen LogP) is -7.19. The molecule has 0 aliphatic carbocycles. The minimum atomic E-state index is -0.396. The number of rotatable bonds is 2. The van der Waals surface area contributed by atoms with Crippen LogP contribution in [-0.4, -0.2) is 50.7 Å². The summed E-state index contributed by atoms with van der Waals surface area (Å²) < 4.78 is 14.9. The molecule has 2 heterocycles. The Bertz CT molecular complexity index is 260. The van der Waals surface area contributed by atoms with E-state index in [-0.39, 0.29) is 67.6 Å². The Kier molecular flexibility index (Phi) is 9.31. The van der Waals surface area contributed by atoms with Gasteiger partial charge in [-0.25, -0.2) is 0 Å². The average Bonchev–Trinajstić information content (AvgIpc) is 2.60. The molecule has 0 spiro atoms. The number of allylic oxidation sites excluding steroid dienone is 2. The van der Waals surface area contributed by atoms with Crippen molar-refractivity contribution in [2.24, 2.45) is 0 Å². The molecule has 68 valence electrons. The van der Waals surface area contributed by atoms with E-state index in [2.05, 4.69) is 27.0 Å². The second kappa shape index (κ2) is 8.12. The molecule has 2 aliphatic heterocycles. The number of nitrogens with one attached hydrogen (secondary N) is 2. The molecule has 0 amide bonds. The van der Waals surface area contributed by atoms with Crippen LogP contribution in [-0.2, 0) is 23.2 Å². The summed E-state index contributed by atoms with van der Waals surface area (Å²) in [7, 11) is 0. The third-order valence-electron chi connectivity index (χ3n) is 1.27. The van der Waals surface area contributed by atoms with Gasteiger partial charge in [-0.3, -0.25) is 0 Å². The summed E-state index contributed by atoms with van der Waals surface area (Å²) in [5, 5.41) is 0.